The number of carboxylic acid groups (broad SMARTS) is 1. The number of benzene rings is 2. The van der Waals surface area contributed by atoms with Gasteiger partial charge in [0, 0.05) is 16.7 Å². The van der Waals surface area contributed by atoms with Crippen LogP contribution in [0, 0.1) is 11.3 Å². The number of rotatable bonds is 5. The molecule has 8 nitrogen and oxygen atoms in total. The number of aromatic nitrogens is 1. The molecule has 1 N–H and O–H groups in total. The zero-order valence-corrected chi connectivity index (χ0v) is 22.6. The minimum atomic E-state index is -0.920. The number of fused-ring (bicyclic) bond motifs is 1. The molecule has 3 aromatic rings. The van der Waals surface area contributed by atoms with Gasteiger partial charge in [0.05, 0.1) is 17.3 Å². The highest BCUT2D eigenvalue weighted by molar-refractivity contribution is 6.01. The molecule has 0 spiro atoms. The van der Waals surface area contributed by atoms with Crippen LogP contribution in [0.5, 0.6) is 5.88 Å². The maximum Gasteiger partial charge on any atom is 0.408 e. The van der Waals surface area contributed by atoms with Crippen LogP contribution in [0.3, 0.4) is 0 Å². The Balaban J connectivity index is 1.63. The Morgan fingerprint density at radius 1 is 1.15 bits per heavy atom. The second-order valence-corrected chi connectivity index (χ2v) is 11.2. The molecular weight excluding hydrogens is 492 g/mol. The minimum absolute atomic E-state index is 0.0978. The van der Waals surface area contributed by atoms with Gasteiger partial charge in [-0.25, -0.2) is 9.78 Å². The molecule has 200 valence electrons. The lowest BCUT2D eigenvalue weighted by atomic mass is 9.69. The number of pyridine rings is 1. The van der Waals surface area contributed by atoms with Gasteiger partial charge in [0.1, 0.15) is 12.2 Å². The summed E-state index contributed by atoms with van der Waals surface area (Å²) in [5.74, 6) is 0.0194. The van der Waals surface area contributed by atoms with Gasteiger partial charge in [-0.15, -0.1) is 0 Å². The molecule has 1 aliphatic carbocycles. The zero-order valence-electron chi connectivity index (χ0n) is 22.6. The smallest absolute Gasteiger partial charge is 0.408 e. The summed E-state index contributed by atoms with van der Waals surface area (Å²) in [7, 11) is 0. The normalized spacial score (nSPS) is 17.9. The lowest BCUT2D eigenvalue weighted by Gasteiger charge is -2.54. The van der Waals surface area contributed by atoms with E-state index in [1.807, 2.05) is 81.4 Å². The molecule has 2 amide bonds. The Hall–Kier alpha value is -4.38. The van der Waals surface area contributed by atoms with Crippen LogP contribution in [0.25, 0.3) is 22.4 Å². The summed E-state index contributed by atoms with van der Waals surface area (Å²) >= 11 is 0. The molecule has 2 aliphatic rings. The molecule has 0 saturated heterocycles. The maximum absolute atomic E-state index is 12.8. The van der Waals surface area contributed by atoms with Gasteiger partial charge in [0.25, 0.3) is 5.91 Å². The summed E-state index contributed by atoms with van der Waals surface area (Å²) in [6, 6.07) is 21.6. The van der Waals surface area contributed by atoms with E-state index in [9.17, 15) is 20.0 Å². The number of nitriles is 1. The first-order valence-electron chi connectivity index (χ1n) is 13.2. The van der Waals surface area contributed by atoms with Crippen molar-refractivity contribution in [2.24, 2.45) is 0 Å². The third-order valence-corrected chi connectivity index (χ3v) is 7.64. The largest absolute Gasteiger partial charge is 0.465 e. The topological polar surface area (TPSA) is 107 Å². The van der Waals surface area contributed by atoms with Crippen LogP contribution in [0.1, 0.15) is 52.5 Å². The average Bonchev–Trinajstić information content (AvgIpc) is 2.88. The van der Waals surface area contributed by atoms with Gasteiger partial charge in [-0.1, -0.05) is 54.6 Å². The molecule has 1 aliphatic heterocycles. The fraction of sp³-hybridized carbons (Fsp3) is 0.355. The van der Waals surface area contributed by atoms with Crippen LogP contribution < -0.4 is 9.64 Å². The zero-order chi connectivity index (χ0) is 27.9. The first-order valence-corrected chi connectivity index (χ1v) is 13.2. The van der Waals surface area contributed by atoms with E-state index >= 15 is 0 Å². The molecule has 1 fully saturated rings. The number of ether oxygens (including phenoxy) is 1. The van der Waals surface area contributed by atoms with Crippen molar-refractivity contribution >= 4 is 17.7 Å². The number of carbonyl (C=O) groups excluding carboxylic acids is 1. The maximum atomic E-state index is 12.8. The second-order valence-electron chi connectivity index (χ2n) is 11.2. The molecule has 0 radical (unpaired) electrons. The van der Waals surface area contributed by atoms with Crippen LogP contribution in [-0.2, 0) is 10.3 Å². The Bertz CT molecular complexity index is 1450. The predicted molar refractivity (Wildman–Crippen MR) is 148 cm³/mol. The Labute approximate surface area is 228 Å². The lowest BCUT2D eigenvalue weighted by Crippen LogP contribution is -2.60. The number of nitrogens with zero attached hydrogens (tertiary/aromatic N) is 4. The van der Waals surface area contributed by atoms with Crippen LogP contribution in [-0.4, -0.2) is 45.2 Å². The van der Waals surface area contributed by atoms with Gasteiger partial charge in [0.15, 0.2) is 6.10 Å². The molecule has 1 atom stereocenters. The van der Waals surface area contributed by atoms with E-state index in [1.165, 1.54) is 4.90 Å². The van der Waals surface area contributed by atoms with Gasteiger partial charge >= 0.3 is 6.09 Å². The summed E-state index contributed by atoms with van der Waals surface area (Å²) in [5.41, 5.74) is 3.55. The van der Waals surface area contributed by atoms with Crippen molar-refractivity contribution in [3.8, 4) is 34.3 Å². The molecule has 39 heavy (non-hydrogen) atoms. The van der Waals surface area contributed by atoms with Crippen molar-refractivity contribution in [3.05, 3.63) is 66.2 Å². The van der Waals surface area contributed by atoms with Gasteiger partial charge in [-0.05, 0) is 64.2 Å². The third kappa shape index (κ3) is 4.48. The summed E-state index contributed by atoms with van der Waals surface area (Å²) in [4.78, 5) is 33.1. The minimum Gasteiger partial charge on any atom is -0.465 e. The SMILES string of the molecule is CC1Oc2nc(-c3ccc(C4(N(C(=O)O)C(C)(C)C)CCC4)cc3)c(-c3ccccc3)cc2N(CC#N)C1=O. The lowest BCUT2D eigenvalue weighted by molar-refractivity contribution is -0.125. The molecule has 1 unspecified atom stereocenters. The van der Waals surface area contributed by atoms with E-state index in [2.05, 4.69) is 6.07 Å². The Kier molecular flexibility index (Phi) is 6.55. The van der Waals surface area contributed by atoms with E-state index in [4.69, 9.17) is 9.72 Å². The number of hydrogen-bond donors (Lipinski definition) is 1. The van der Waals surface area contributed by atoms with Crippen molar-refractivity contribution in [3.63, 3.8) is 0 Å². The highest BCUT2D eigenvalue weighted by atomic mass is 16.5. The fourth-order valence-electron chi connectivity index (χ4n) is 5.82. The van der Waals surface area contributed by atoms with E-state index in [1.54, 1.807) is 11.8 Å². The highest BCUT2D eigenvalue weighted by Gasteiger charge is 2.50. The van der Waals surface area contributed by atoms with E-state index in [-0.39, 0.29) is 12.5 Å². The summed E-state index contributed by atoms with van der Waals surface area (Å²) < 4.78 is 5.89. The predicted octanol–water partition coefficient (Wildman–Crippen LogP) is 6.21. The Morgan fingerprint density at radius 2 is 1.82 bits per heavy atom. The molecule has 8 heteroatoms. The standard InChI is InChI=1S/C31H32N4O4/c1-20-28(36)34(18-17-32)25-19-24(21-9-6-5-7-10-21)26(33-27(25)39-20)22-11-13-23(14-12-22)31(15-8-16-31)35(29(37)38)30(2,3)4/h5-7,9-14,19-20H,8,15-16,18H2,1-4H3,(H,37,38). The average molecular weight is 525 g/mol. The van der Waals surface area contributed by atoms with Crippen LogP contribution in [0.15, 0.2) is 60.7 Å². The Morgan fingerprint density at radius 3 is 2.36 bits per heavy atom. The molecule has 5 rings (SSSR count). The molecule has 2 aromatic carbocycles. The van der Waals surface area contributed by atoms with Crippen LogP contribution in [0.2, 0.25) is 0 Å². The van der Waals surface area contributed by atoms with Gasteiger partial charge in [0.2, 0.25) is 5.88 Å². The number of hydrogen-bond acceptors (Lipinski definition) is 5. The molecule has 1 aromatic heterocycles. The van der Waals surface area contributed by atoms with Crippen LogP contribution in [0.4, 0.5) is 10.5 Å². The first-order chi connectivity index (χ1) is 18.6. The van der Waals surface area contributed by atoms with Gasteiger partial charge in [-0.3, -0.25) is 14.6 Å². The van der Waals surface area contributed by atoms with E-state index in [0.717, 1.165) is 41.5 Å². The number of anilines is 1. The summed E-state index contributed by atoms with van der Waals surface area (Å²) in [5, 5.41) is 19.5. The quantitative estimate of drug-likeness (QED) is 0.398. The first kappa shape index (κ1) is 26.2. The van der Waals surface area contributed by atoms with Crippen molar-refractivity contribution < 1.29 is 19.4 Å². The monoisotopic (exact) mass is 524 g/mol. The molecule has 2 heterocycles. The van der Waals surface area contributed by atoms with Crippen molar-refractivity contribution in [2.75, 3.05) is 11.4 Å². The number of amides is 2. The highest BCUT2D eigenvalue weighted by Crippen LogP contribution is 2.50. The third-order valence-electron chi connectivity index (χ3n) is 7.64. The van der Waals surface area contributed by atoms with Crippen molar-refractivity contribution in [1.82, 2.24) is 9.88 Å². The van der Waals surface area contributed by atoms with Crippen LogP contribution >= 0.6 is 0 Å². The molecule has 0 bridgehead atoms. The van der Waals surface area contributed by atoms with Crippen molar-refractivity contribution in [1.29, 1.82) is 5.26 Å². The fourth-order valence-corrected chi connectivity index (χ4v) is 5.82. The van der Waals surface area contributed by atoms with Gasteiger partial charge in [-0.2, -0.15) is 5.26 Å². The molecule has 1 saturated carbocycles. The number of carbonyl (C=O) groups is 2. The van der Waals surface area contributed by atoms with Crippen molar-refractivity contribution in [2.45, 2.75) is 64.1 Å². The summed E-state index contributed by atoms with van der Waals surface area (Å²) in [6.45, 7) is 7.35. The molecular formula is C31H32N4O4. The summed E-state index contributed by atoms with van der Waals surface area (Å²) in [6.07, 6.45) is 0.846. The van der Waals surface area contributed by atoms with E-state index in [0.29, 0.717) is 17.3 Å². The van der Waals surface area contributed by atoms with E-state index < -0.39 is 23.3 Å². The van der Waals surface area contributed by atoms with Gasteiger partial charge < -0.3 is 9.84 Å². The second kappa shape index (κ2) is 9.73.